The second kappa shape index (κ2) is 6.17. The number of anilines is 1. The van der Waals surface area contributed by atoms with Crippen molar-refractivity contribution < 1.29 is 4.92 Å². The van der Waals surface area contributed by atoms with Gasteiger partial charge in [0.05, 0.1) is 16.3 Å². The van der Waals surface area contributed by atoms with E-state index in [-0.39, 0.29) is 10.6 Å². The van der Waals surface area contributed by atoms with Crippen LogP contribution in [0, 0.1) is 24.0 Å². The van der Waals surface area contributed by atoms with Gasteiger partial charge in [-0.3, -0.25) is 15.5 Å². The van der Waals surface area contributed by atoms with E-state index in [1.165, 1.54) is 0 Å². The Morgan fingerprint density at radius 1 is 1.19 bits per heavy atom. The lowest BCUT2D eigenvalue weighted by Gasteiger charge is -2.05. The fourth-order valence-corrected chi connectivity index (χ4v) is 1.96. The zero-order chi connectivity index (χ0) is 15.4. The summed E-state index contributed by atoms with van der Waals surface area (Å²) in [6, 6.07) is 13.0. The lowest BCUT2D eigenvalue weighted by Crippen LogP contribution is -2.02. The Kier molecular flexibility index (Phi) is 4.33. The van der Waals surface area contributed by atoms with Crippen LogP contribution in [0.4, 0.5) is 11.4 Å². The first-order chi connectivity index (χ1) is 9.97. The largest absolute Gasteiger partial charge is 0.278 e. The molecule has 5 nitrogen and oxygen atoms in total. The molecule has 0 aliphatic rings. The number of nitrogens with zero attached hydrogens (tertiary/aromatic N) is 2. The molecule has 0 unspecified atom stereocenters. The van der Waals surface area contributed by atoms with Crippen LogP contribution in [0.25, 0.3) is 0 Å². The van der Waals surface area contributed by atoms with Crippen molar-refractivity contribution in [1.29, 1.82) is 0 Å². The third kappa shape index (κ3) is 3.66. The summed E-state index contributed by atoms with van der Waals surface area (Å²) in [6.45, 7) is 5.54. The van der Waals surface area contributed by atoms with Crippen molar-refractivity contribution in [1.82, 2.24) is 0 Å². The molecule has 0 aromatic heterocycles. The molecule has 108 valence electrons. The van der Waals surface area contributed by atoms with Crippen LogP contribution in [0.5, 0.6) is 0 Å². The van der Waals surface area contributed by atoms with Crippen LogP contribution in [-0.4, -0.2) is 10.6 Å². The van der Waals surface area contributed by atoms with Gasteiger partial charge in [-0.2, -0.15) is 5.10 Å². The smallest absolute Gasteiger partial charge is 0.272 e. The van der Waals surface area contributed by atoms with E-state index >= 15 is 0 Å². The fraction of sp³-hybridized carbons (Fsp3) is 0.188. The highest BCUT2D eigenvalue weighted by Crippen LogP contribution is 2.20. The van der Waals surface area contributed by atoms with Crippen molar-refractivity contribution in [2.24, 2.45) is 5.10 Å². The zero-order valence-electron chi connectivity index (χ0n) is 12.3. The van der Waals surface area contributed by atoms with Crippen molar-refractivity contribution in [3.05, 3.63) is 69.3 Å². The van der Waals surface area contributed by atoms with Gasteiger partial charge in [-0.25, -0.2) is 0 Å². The second-order valence-corrected chi connectivity index (χ2v) is 4.94. The van der Waals surface area contributed by atoms with Crippen LogP contribution >= 0.6 is 0 Å². The molecule has 21 heavy (non-hydrogen) atoms. The minimum atomic E-state index is -0.375. The molecule has 0 aliphatic heterocycles. The number of rotatable bonds is 4. The predicted octanol–water partition coefficient (Wildman–Crippen LogP) is 4.05. The number of benzene rings is 2. The van der Waals surface area contributed by atoms with Crippen molar-refractivity contribution in [2.75, 3.05) is 5.43 Å². The van der Waals surface area contributed by atoms with E-state index in [0.717, 1.165) is 16.8 Å². The maximum atomic E-state index is 11.0. The van der Waals surface area contributed by atoms with Gasteiger partial charge in [0.2, 0.25) is 0 Å². The zero-order valence-corrected chi connectivity index (χ0v) is 12.3. The molecule has 2 aromatic carbocycles. The van der Waals surface area contributed by atoms with Gasteiger partial charge in [-0.1, -0.05) is 24.3 Å². The lowest BCUT2D eigenvalue weighted by atomic mass is 10.1. The molecule has 0 saturated heterocycles. The van der Waals surface area contributed by atoms with Gasteiger partial charge in [0, 0.05) is 17.2 Å². The van der Waals surface area contributed by atoms with Crippen LogP contribution in [0.3, 0.4) is 0 Å². The van der Waals surface area contributed by atoms with Gasteiger partial charge in [-0.05, 0) is 38.5 Å². The van der Waals surface area contributed by atoms with E-state index in [1.54, 1.807) is 19.1 Å². The molecule has 0 heterocycles. The first-order valence-electron chi connectivity index (χ1n) is 6.60. The molecule has 0 amide bonds. The number of hydrogen-bond acceptors (Lipinski definition) is 4. The van der Waals surface area contributed by atoms with Crippen LogP contribution in [0.15, 0.2) is 47.6 Å². The van der Waals surface area contributed by atoms with E-state index < -0.39 is 0 Å². The number of aryl methyl sites for hydroxylation is 2. The number of nitro groups is 1. The van der Waals surface area contributed by atoms with Crippen molar-refractivity contribution >= 4 is 17.1 Å². The third-order valence-electron chi connectivity index (χ3n) is 3.19. The summed E-state index contributed by atoms with van der Waals surface area (Å²) in [7, 11) is 0. The van der Waals surface area contributed by atoms with E-state index in [4.69, 9.17) is 0 Å². The molecule has 0 fully saturated rings. The lowest BCUT2D eigenvalue weighted by molar-refractivity contribution is -0.385. The summed E-state index contributed by atoms with van der Waals surface area (Å²) < 4.78 is 0. The maximum absolute atomic E-state index is 11.0. The first-order valence-corrected chi connectivity index (χ1v) is 6.60. The molecule has 0 atom stereocenters. The molecule has 0 bridgehead atoms. The predicted molar refractivity (Wildman–Crippen MR) is 84.8 cm³/mol. The Morgan fingerprint density at radius 3 is 2.62 bits per heavy atom. The number of nitro benzene ring substituents is 1. The molecule has 0 spiro atoms. The Labute approximate surface area is 123 Å². The molecule has 2 rings (SSSR count). The van der Waals surface area contributed by atoms with Crippen LogP contribution in [0.1, 0.15) is 23.6 Å². The summed E-state index contributed by atoms with van der Waals surface area (Å²) in [5.41, 5.74) is 7.16. The quantitative estimate of drug-likeness (QED) is 0.523. The van der Waals surface area contributed by atoms with Crippen molar-refractivity contribution in [3.63, 3.8) is 0 Å². The highest BCUT2D eigenvalue weighted by Gasteiger charge is 2.12. The van der Waals surface area contributed by atoms with Gasteiger partial charge in [-0.15, -0.1) is 0 Å². The average molecular weight is 283 g/mol. The molecule has 0 saturated carbocycles. The van der Waals surface area contributed by atoms with Gasteiger partial charge in [0.1, 0.15) is 0 Å². The monoisotopic (exact) mass is 283 g/mol. The summed E-state index contributed by atoms with van der Waals surface area (Å²) in [5, 5.41) is 15.2. The SMILES string of the molecule is C/C(=N/Nc1cccc(C)c1)c1ccc(C)c([N+](=O)[O-])c1. The molecule has 0 radical (unpaired) electrons. The van der Waals surface area contributed by atoms with E-state index in [1.807, 2.05) is 44.2 Å². The molecule has 5 heteroatoms. The van der Waals surface area contributed by atoms with Gasteiger partial charge >= 0.3 is 0 Å². The Morgan fingerprint density at radius 2 is 1.95 bits per heavy atom. The van der Waals surface area contributed by atoms with Gasteiger partial charge in [0.25, 0.3) is 5.69 Å². The summed E-state index contributed by atoms with van der Waals surface area (Å²) >= 11 is 0. The van der Waals surface area contributed by atoms with E-state index in [9.17, 15) is 10.1 Å². The normalized spacial score (nSPS) is 11.3. The Hall–Kier alpha value is -2.69. The van der Waals surface area contributed by atoms with Crippen molar-refractivity contribution in [3.8, 4) is 0 Å². The second-order valence-electron chi connectivity index (χ2n) is 4.94. The summed E-state index contributed by atoms with van der Waals surface area (Å²) in [4.78, 5) is 10.6. The van der Waals surface area contributed by atoms with Crippen molar-refractivity contribution in [2.45, 2.75) is 20.8 Å². The maximum Gasteiger partial charge on any atom is 0.272 e. The number of hydrogen-bond donors (Lipinski definition) is 1. The third-order valence-corrected chi connectivity index (χ3v) is 3.19. The summed E-state index contributed by atoms with van der Waals surface area (Å²) in [6.07, 6.45) is 0. The molecular formula is C16H17N3O2. The van der Waals surface area contributed by atoms with Crippen LogP contribution in [0.2, 0.25) is 0 Å². The topological polar surface area (TPSA) is 67.5 Å². The highest BCUT2D eigenvalue weighted by atomic mass is 16.6. The minimum absolute atomic E-state index is 0.109. The fourth-order valence-electron chi connectivity index (χ4n) is 1.96. The average Bonchev–Trinajstić information content (AvgIpc) is 2.45. The number of hydrazone groups is 1. The highest BCUT2D eigenvalue weighted by molar-refractivity contribution is 5.99. The van der Waals surface area contributed by atoms with Gasteiger partial charge < -0.3 is 0 Å². The van der Waals surface area contributed by atoms with Gasteiger partial charge in [0.15, 0.2) is 0 Å². The molecule has 2 aromatic rings. The van der Waals surface area contributed by atoms with E-state index in [2.05, 4.69) is 10.5 Å². The molecule has 0 aliphatic carbocycles. The Balaban J connectivity index is 2.23. The standard InChI is InChI=1S/C16H17N3O2/c1-11-5-4-6-15(9-11)18-17-13(3)14-8-7-12(2)16(10-14)19(20)21/h4-10,18H,1-3H3/b17-13-. The molecular weight excluding hydrogens is 266 g/mol. The number of nitrogens with one attached hydrogen (secondary N) is 1. The Bertz CT molecular complexity index is 708. The van der Waals surface area contributed by atoms with E-state index in [0.29, 0.717) is 11.3 Å². The van der Waals surface area contributed by atoms with Crippen LogP contribution < -0.4 is 5.43 Å². The minimum Gasteiger partial charge on any atom is -0.278 e. The van der Waals surface area contributed by atoms with Crippen LogP contribution in [-0.2, 0) is 0 Å². The first kappa shape index (κ1) is 14.7. The summed E-state index contributed by atoms with van der Waals surface area (Å²) in [5.74, 6) is 0. The molecule has 1 N–H and O–H groups in total.